The van der Waals surface area contributed by atoms with Gasteiger partial charge in [0.05, 0.1) is 10.6 Å². The van der Waals surface area contributed by atoms with Gasteiger partial charge in [0, 0.05) is 12.1 Å². The minimum Gasteiger partial charge on any atom is -0.326 e. The zero-order chi connectivity index (χ0) is 14.8. The number of anilines is 1. The summed E-state index contributed by atoms with van der Waals surface area (Å²) in [5.41, 5.74) is 6.84. The number of hydrogen-bond acceptors (Lipinski definition) is 3. The first-order valence-corrected chi connectivity index (χ1v) is 7.49. The Balaban J connectivity index is 2.38. The summed E-state index contributed by atoms with van der Waals surface area (Å²) in [6, 6.07) is 10.6. The van der Waals surface area contributed by atoms with E-state index in [9.17, 15) is 12.8 Å². The molecule has 0 aromatic heterocycles. The van der Waals surface area contributed by atoms with E-state index in [1.807, 2.05) is 6.07 Å². The summed E-state index contributed by atoms with van der Waals surface area (Å²) < 4.78 is 40.4. The molecule has 0 bridgehead atoms. The molecular formula is C14H15FN2O2S. The summed E-state index contributed by atoms with van der Waals surface area (Å²) >= 11 is 0. The van der Waals surface area contributed by atoms with Crippen molar-refractivity contribution in [1.82, 2.24) is 0 Å². The summed E-state index contributed by atoms with van der Waals surface area (Å²) in [5.74, 6) is -0.512. The standard InChI is InChI=1S/C14H15FN2O2S/c1-10-4-2-3-5-14(10)17-20(18,19)12-6-7-13(15)11(8-12)9-16/h2-8,17H,9,16H2,1H3. The van der Waals surface area contributed by atoms with E-state index in [1.165, 1.54) is 12.1 Å². The van der Waals surface area contributed by atoms with Gasteiger partial charge in [-0.05, 0) is 36.8 Å². The predicted octanol–water partition coefficient (Wildman–Crippen LogP) is 2.39. The van der Waals surface area contributed by atoms with Crippen LogP contribution < -0.4 is 10.5 Å². The fourth-order valence-electron chi connectivity index (χ4n) is 1.77. The van der Waals surface area contributed by atoms with Crippen molar-refractivity contribution >= 4 is 15.7 Å². The second-order valence-electron chi connectivity index (χ2n) is 4.38. The highest BCUT2D eigenvalue weighted by atomic mass is 32.2. The lowest BCUT2D eigenvalue weighted by Gasteiger charge is -2.11. The van der Waals surface area contributed by atoms with E-state index in [1.54, 1.807) is 25.1 Å². The Morgan fingerprint density at radius 1 is 1.20 bits per heavy atom. The third-order valence-corrected chi connectivity index (χ3v) is 4.30. The van der Waals surface area contributed by atoms with Crippen LogP contribution in [-0.2, 0) is 16.6 Å². The monoisotopic (exact) mass is 294 g/mol. The van der Waals surface area contributed by atoms with Crippen LogP contribution in [0.2, 0.25) is 0 Å². The Kier molecular flexibility index (Phi) is 4.06. The Bertz CT molecular complexity index is 730. The normalized spacial score (nSPS) is 11.3. The lowest BCUT2D eigenvalue weighted by Crippen LogP contribution is -2.14. The zero-order valence-corrected chi connectivity index (χ0v) is 11.7. The SMILES string of the molecule is Cc1ccccc1NS(=O)(=O)c1ccc(F)c(CN)c1. The molecule has 0 fully saturated rings. The largest absolute Gasteiger partial charge is 0.326 e. The maximum absolute atomic E-state index is 13.4. The predicted molar refractivity (Wildman–Crippen MR) is 76.3 cm³/mol. The number of rotatable bonds is 4. The summed E-state index contributed by atoms with van der Waals surface area (Å²) in [6.45, 7) is 1.74. The van der Waals surface area contributed by atoms with Gasteiger partial charge in [0.1, 0.15) is 5.82 Å². The number of halogens is 1. The molecule has 0 atom stereocenters. The molecular weight excluding hydrogens is 279 g/mol. The summed E-state index contributed by atoms with van der Waals surface area (Å²) in [7, 11) is -3.76. The molecule has 2 aromatic rings. The second-order valence-corrected chi connectivity index (χ2v) is 6.06. The van der Waals surface area contributed by atoms with Crippen molar-refractivity contribution in [2.75, 3.05) is 4.72 Å². The minimum absolute atomic E-state index is 0.0115. The highest BCUT2D eigenvalue weighted by Crippen LogP contribution is 2.20. The van der Waals surface area contributed by atoms with E-state index in [2.05, 4.69) is 4.72 Å². The van der Waals surface area contributed by atoms with Crippen molar-refractivity contribution < 1.29 is 12.8 Å². The van der Waals surface area contributed by atoms with Gasteiger partial charge in [0.15, 0.2) is 0 Å². The molecule has 20 heavy (non-hydrogen) atoms. The van der Waals surface area contributed by atoms with Gasteiger partial charge in [-0.25, -0.2) is 12.8 Å². The molecule has 0 heterocycles. The van der Waals surface area contributed by atoms with Gasteiger partial charge in [-0.1, -0.05) is 18.2 Å². The van der Waals surface area contributed by atoms with Crippen LogP contribution in [0, 0.1) is 12.7 Å². The number of benzene rings is 2. The molecule has 4 nitrogen and oxygen atoms in total. The minimum atomic E-state index is -3.76. The smallest absolute Gasteiger partial charge is 0.261 e. The van der Waals surface area contributed by atoms with Crippen molar-refractivity contribution in [3.05, 3.63) is 59.4 Å². The molecule has 0 aliphatic rings. The first-order valence-electron chi connectivity index (χ1n) is 6.01. The molecule has 0 aliphatic carbocycles. The highest BCUT2D eigenvalue weighted by Gasteiger charge is 2.16. The number of sulfonamides is 1. The summed E-state index contributed by atoms with van der Waals surface area (Å²) in [5, 5.41) is 0. The maximum atomic E-state index is 13.4. The third kappa shape index (κ3) is 2.97. The van der Waals surface area contributed by atoms with Crippen LogP contribution in [0.3, 0.4) is 0 Å². The molecule has 106 valence electrons. The quantitative estimate of drug-likeness (QED) is 0.909. The van der Waals surface area contributed by atoms with E-state index < -0.39 is 15.8 Å². The molecule has 0 spiro atoms. The van der Waals surface area contributed by atoms with Crippen LogP contribution in [0.4, 0.5) is 10.1 Å². The van der Waals surface area contributed by atoms with Gasteiger partial charge in [-0.15, -0.1) is 0 Å². The fraction of sp³-hybridized carbons (Fsp3) is 0.143. The molecule has 0 amide bonds. The number of hydrogen-bond donors (Lipinski definition) is 2. The molecule has 0 unspecified atom stereocenters. The average molecular weight is 294 g/mol. The van der Waals surface area contributed by atoms with Gasteiger partial charge in [0.2, 0.25) is 0 Å². The molecule has 2 aromatic carbocycles. The molecule has 0 radical (unpaired) electrons. The van der Waals surface area contributed by atoms with Crippen molar-refractivity contribution in [3.63, 3.8) is 0 Å². The average Bonchev–Trinajstić information content (AvgIpc) is 2.41. The Morgan fingerprint density at radius 3 is 2.55 bits per heavy atom. The van der Waals surface area contributed by atoms with Gasteiger partial charge in [-0.3, -0.25) is 4.72 Å². The summed E-state index contributed by atoms with van der Waals surface area (Å²) in [4.78, 5) is -0.0115. The van der Waals surface area contributed by atoms with E-state index in [4.69, 9.17) is 5.73 Å². The lowest BCUT2D eigenvalue weighted by atomic mass is 10.2. The second kappa shape index (κ2) is 5.60. The van der Waals surface area contributed by atoms with Crippen LogP contribution in [0.15, 0.2) is 47.4 Å². The molecule has 3 N–H and O–H groups in total. The van der Waals surface area contributed by atoms with Crippen LogP contribution in [0.1, 0.15) is 11.1 Å². The van der Waals surface area contributed by atoms with Crippen LogP contribution >= 0.6 is 0 Å². The van der Waals surface area contributed by atoms with Crippen molar-refractivity contribution in [2.45, 2.75) is 18.4 Å². The molecule has 0 aliphatic heterocycles. The maximum Gasteiger partial charge on any atom is 0.261 e. The van der Waals surface area contributed by atoms with E-state index in [-0.39, 0.29) is 17.0 Å². The Hall–Kier alpha value is -1.92. The van der Waals surface area contributed by atoms with E-state index >= 15 is 0 Å². The number of nitrogens with one attached hydrogen (secondary N) is 1. The van der Waals surface area contributed by atoms with Crippen molar-refractivity contribution in [3.8, 4) is 0 Å². The topological polar surface area (TPSA) is 72.2 Å². The van der Waals surface area contributed by atoms with E-state index in [0.29, 0.717) is 5.69 Å². The van der Waals surface area contributed by atoms with Crippen molar-refractivity contribution in [2.24, 2.45) is 5.73 Å². The number of aryl methyl sites for hydroxylation is 1. The summed E-state index contributed by atoms with van der Waals surface area (Å²) in [6.07, 6.45) is 0. The molecule has 6 heteroatoms. The third-order valence-electron chi connectivity index (χ3n) is 2.94. The van der Waals surface area contributed by atoms with Gasteiger partial charge in [-0.2, -0.15) is 0 Å². The fourth-order valence-corrected chi connectivity index (χ4v) is 2.95. The van der Waals surface area contributed by atoms with Crippen LogP contribution in [0.5, 0.6) is 0 Å². The van der Waals surface area contributed by atoms with E-state index in [0.717, 1.165) is 11.6 Å². The Morgan fingerprint density at radius 2 is 1.90 bits per heavy atom. The molecule has 0 saturated heterocycles. The van der Waals surface area contributed by atoms with Crippen LogP contribution in [0.25, 0.3) is 0 Å². The van der Waals surface area contributed by atoms with Crippen LogP contribution in [-0.4, -0.2) is 8.42 Å². The first kappa shape index (κ1) is 14.5. The zero-order valence-electron chi connectivity index (χ0n) is 10.9. The highest BCUT2D eigenvalue weighted by molar-refractivity contribution is 7.92. The Labute approximate surface area is 117 Å². The number of nitrogens with two attached hydrogens (primary N) is 1. The lowest BCUT2D eigenvalue weighted by molar-refractivity contribution is 0.596. The first-order chi connectivity index (χ1) is 9.44. The number of para-hydroxylation sites is 1. The van der Waals surface area contributed by atoms with Gasteiger partial charge < -0.3 is 5.73 Å². The molecule has 2 rings (SSSR count). The van der Waals surface area contributed by atoms with Gasteiger partial charge in [0.25, 0.3) is 10.0 Å². The molecule has 0 saturated carbocycles. The van der Waals surface area contributed by atoms with Crippen molar-refractivity contribution in [1.29, 1.82) is 0 Å². The van der Waals surface area contributed by atoms with Gasteiger partial charge >= 0.3 is 0 Å².